The SMILES string of the molecule is CCCCCCOc1ccc(/C=C/C(=O)Oc2ccc(OC(=O)/C=C/c3ccc(C(CCCO)OC(=O)C(C)CC(C)(CC)C(=O)OC)c(OCCCCCC)c3OCCCCCC)cc2)c(OCCCCCC)c1OCCCCCC. The van der Waals surface area contributed by atoms with E-state index in [-0.39, 0.29) is 24.5 Å². The first-order valence-corrected chi connectivity index (χ1v) is 31.1. The summed E-state index contributed by atoms with van der Waals surface area (Å²) in [6.07, 6.45) is 26.8. The monoisotopic (exact) mass is 1140 g/mol. The van der Waals surface area contributed by atoms with E-state index in [4.69, 9.17) is 42.6 Å². The predicted molar refractivity (Wildman–Crippen MR) is 326 cm³/mol. The minimum atomic E-state index is -0.883. The van der Waals surface area contributed by atoms with Gasteiger partial charge in [0.1, 0.15) is 17.6 Å². The lowest BCUT2D eigenvalue weighted by atomic mass is 9.79. The Hall–Kier alpha value is -6.02. The van der Waals surface area contributed by atoms with Crippen molar-refractivity contribution in [2.75, 3.05) is 46.8 Å². The van der Waals surface area contributed by atoms with Crippen molar-refractivity contribution < 1.29 is 66.9 Å². The number of aliphatic hydroxyl groups is 1. The molecule has 0 heterocycles. The van der Waals surface area contributed by atoms with E-state index >= 15 is 0 Å². The van der Waals surface area contributed by atoms with E-state index < -0.39 is 41.3 Å². The molecular weight excluding hydrogens is 1040 g/mol. The molecule has 458 valence electrons. The molecule has 3 aromatic carbocycles. The number of hydrogen-bond acceptors (Lipinski definition) is 14. The summed E-state index contributed by atoms with van der Waals surface area (Å²) in [5, 5.41) is 9.98. The highest BCUT2D eigenvalue weighted by atomic mass is 16.6. The van der Waals surface area contributed by atoms with E-state index in [2.05, 4.69) is 34.6 Å². The van der Waals surface area contributed by atoms with Crippen molar-refractivity contribution in [1.82, 2.24) is 0 Å². The Balaban J connectivity index is 1.91. The van der Waals surface area contributed by atoms with Crippen LogP contribution in [-0.2, 0) is 28.7 Å². The van der Waals surface area contributed by atoms with Crippen LogP contribution in [0.4, 0.5) is 0 Å². The van der Waals surface area contributed by atoms with Gasteiger partial charge in [-0.3, -0.25) is 9.59 Å². The lowest BCUT2D eigenvalue weighted by Gasteiger charge is -2.29. The van der Waals surface area contributed by atoms with Gasteiger partial charge < -0.3 is 47.7 Å². The predicted octanol–water partition coefficient (Wildman–Crippen LogP) is 16.7. The highest BCUT2D eigenvalue weighted by Gasteiger charge is 2.37. The van der Waals surface area contributed by atoms with Crippen LogP contribution in [0.15, 0.2) is 60.7 Å². The maximum Gasteiger partial charge on any atom is 0.336 e. The normalized spacial score (nSPS) is 12.9. The van der Waals surface area contributed by atoms with Crippen molar-refractivity contribution in [1.29, 1.82) is 0 Å². The summed E-state index contributed by atoms with van der Waals surface area (Å²) in [7, 11) is 1.34. The molecule has 0 aromatic heterocycles. The number of hydrogen-bond donors (Lipinski definition) is 1. The van der Waals surface area contributed by atoms with Gasteiger partial charge in [-0.1, -0.05) is 157 Å². The number of unbranched alkanes of at least 4 members (excludes halogenated alkanes) is 15. The fourth-order valence-electron chi connectivity index (χ4n) is 9.27. The van der Waals surface area contributed by atoms with E-state index in [1.165, 1.54) is 19.3 Å². The molecule has 14 heteroatoms. The highest BCUT2D eigenvalue weighted by Crippen LogP contribution is 2.44. The zero-order valence-electron chi connectivity index (χ0n) is 51.6. The number of aliphatic hydroxyl groups excluding tert-OH is 1. The molecule has 0 amide bonds. The number of esters is 4. The third-order valence-corrected chi connectivity index (χ3v) is 14.4. The lowest BCUT2D eigenvalue weighted by molar-refractivity contribution is -0.159. The standard InChI is InChI=1S/C68H102O14/c1-10-16-21-26-46-75-59-42-34-54(63(77-48-28-23-18-12-3)65(59)79-50-30-25-20-14-5)36-44-61(71)81-56-39-37-55(38-40-56)80-60(70)43-35-53-33-41-57(64(78-49-29-24-19-13-4)62(53)76-47-27-22-17-11-2)58(32-31-45-69)82-66(72)52(7)51-68(8,15-6)67(73)74-9/h33-44,52,58,69H,10-32,45-51H2,1-9H3/b43-35+,44-36+. The van der Waals surface area contributed by atoms with E-state index in [9.17, 15) is 24.3 Å². The third kappa shape index (κ3) is 26.1. The number of benzene rings is 3. The molecule has 3 rings (SSSR count). The molecule has 0 aliphatic carbocycles. The number of ether oxygens (including phenoxy) is 9. The molecule has 0 radical (unpaired) electrons. The van der Waals surface area contributed by atoms with Crippen molar-refractivity contribution in [2.45, 2.75) is 216 Å². The Bertz CT molecular complexity index is 2340. The molecule has 0 spiro atoms. The molecule has 0 saturated heterocycles. The highest BCUT2D eigenvalue weighted by molar-refractivity contribution is 5.90. The fourth-order valence-corrected chi connectivity index (χ4v) is 9.27. The van der Waals surface area contributed by atoms with Gasteiger partial charge in [0.25, 0.3) is 0 Å². The summed E-state index contributed by atoms with van der Waals surface area (Å²) in [6, 6.07) is 13.6. The van der Waals surface area contributed by atoms with Gasteiger partial charge in [0.15, 0.2) is 23.0 Å². The molecule has 3 atom stereocenters. The van der Waals surface area contributed by atoms with Crippen molar-refractivity contribution in [3.63, 3.8) is 0 Å². The molecule has 0 fully saturated rings. The van der Waals surface area contributed by atoms with Gasteiger partial charge in [-0.05, 0) is 113 Å². The number of carbonyl (C=O) groups is 4. The molecule has 14 nitrogen and oxygen atoms in total. The number of carbonyl (C=O) groups excluding carboxylic acids is 4. The molecule has 0 aliphatic heterocycles. The summed E-state index contributed by atoms with van der Waals surface area (Å²) in [4.78, 5) is 53.5. The zero-order valence-corrected chi connectivity index (χ0v) is 51.6. The Morgan fingerprint density at radius 2 is 0.927 bits per heavy atom. The van der Waals surface area contributed by atoms with Crippen LogP contribution >= 0.6 is 0 Å². The average Bonchev–Trinajstić information content (AvgIpc) is 3.49. The molecule has 3 unspecified atom stereocenters. The minimum Gasteiger partial charge on any atom is -0.490 e. The molecular formula is C68H102O14. The average molecular weight is 1140 g/mol. The van der Waals surface area contributed by atoms with Crippen molar-refractivity contribution in [3.05, 3.63) is 77.4 Å². The van der Waals surface area contributed by atoms with Crippen LogP contribution in [0.2, 0.25) is 0 Å². The maximum absolute atomic E-state index is 13.9. The smallest absolute Gasteiger partial charge is 0.336 e. The minimum absolute atomic E-state index is 0.125. The molecule has 82 heavy (non-hydrogen) atoms. The van der Waals surface area contributed by atoms with Crippen molar-refractivity contribution in [3.8, 4) is 40.2 Å². The van der Waals surface area contributed by atoms with Crippen LogP contribution in [0.1, 0.15) is 232 Å². The first kappa shape index (κ1) is 70.2. The second-order valence-corrected chi connectivity index (χ2v) is 21.5. The fraction of sp³-hybridized carbons (Fsp3) is 0.618. The van der Waals surface area contributed by atoms with Gasteiger partial charge in [0.2, 0.25) is 5.75 Å². The number of methoxy groups -OCH3 is 1. The molecule has 0 saturated carbocycles. The van der Waals surface area contributed by atoms with Crippen LogP contribution < -0.4 is 33.2 Å². The molecule has 3 aromatic rings. The van der Waals surface area contributed by atoms with Crippen LogP contribution in [-0.4, -0.2) is 75.7 Å². The first-order chi connectivity index (χ1) is 39.8. The van der Waals surface area contributed by atoms with Gasteiger partial charge in [0, 0.05) is 35.4 Å². The number of rotatable bonds is 46. The Kier molecular flexibility index (Phi) is 35.9. The Labute approximate surface area is 492 Å². The Morgan fingerprint density at radius 3 is 1.35 bits per heavy atom. The Morgan fingerprint density at radius 1 is 0.512 bits per heavy atom. The molecule has 1 N–H and O–H groups in total. The quantitative estimate of drug-likeness (QED) is 0.0245. The first-order valence-electron chi connectivity index (χ1n) is 31.1. The topological polar surface area (TPSA) is 172 Å². The second-order valence-electron chi connectivity index (χ2n) is 21.5. The zero-order chi connectivity index (χ0) is 59.8. The van der Waals surface area contributed by atoms with E-state index in [0.717, 1.165) is 128 Å². The van der Waals surface area contributed by atoms with Crippen LogP contribution in [0.25, 0.3) is 12.2 Å². The molecule has 0 aliphatic rings. The third-order valence-electron chi connectivity index (χ3n) is 14.4. The summed E-state index contributed by atoms with van der Waals surface area (Å²) in [5.74, 6) is 0.190. The van der Waals surface area contributed by atoms with Crippen molar-refractivity contribution >= 4 is 36.0 Å². The largest absolute Gasteiger partial charge is 0.490 e. The summed E-state index contributed by atoms with van der Waals surface area (Å²) >= 11 is 0. The maximum atomic E-state index is 13.9. The van der Waals surface area contributed by atoms with Crippen LogP contribution in [0.3, 0.4) is 0 Å². The van der Waals surface area contributed by atoms with Gasteiger partial charge in [-0.25, -0.2) is 9.59 Å². The second kappa shape index (κ2) is 41.9. The van der Waals surface area contributed by atoms with Gasteiger partial charge in [-0.2, -0.15) is 0 Å². The van der Waals surface area contributed by atoms with Crippen LogP contribution in [0, 0.1) is 11.3 Å². The summed E-state index contributed by atoms with van der Waals surface area (Å²) in [5.41, 5.74) is 0.903. The van der Waals surface area contributed by atoms with Crippen molar-refractivity contribution in [2.24, 2.45) is 11.3 Å². The van der Waals surface area contributed by atoms with Gasteiger partial charge in [-0.15, -0.1) is 0 Å². The lowest BCUT2D eigenvalue weighted by Crippen LogP contribution is -2.33. The van der Waals surface area contributed by atoms with E-state index in [0.29, 0.717) is 97.7 Å². The molecule has 0 bridgehead atoms. The summed E-state index contributed by atoms with van der Waals surface area (Å²) < 4.78 is 55.1. The van der Waals surface area contributed by atoms with E-state index in [1.54, 1.807) is 56.3 Å². The van der Waals surface area contributed by atoms with Crippen LogP contribution in [0.5, 0.6) is 40.2 Å². The van der Waals surface area contributed by atoms with E-state index in [1.807, 2.05) is 25.1 Å². The van der Waals surface area contributed by atoms with Gasteiger partial charge in [0.05, 0.1) is 51.5 Å². The summed E-state index contributed by atoms with van der Waals surface area (Å²) in [6.45, 7) is 18.4. The van der Waals surface area contributed by atoms with Gasteiger partial charge >= 0.3 is 23.9 Å².